The number of rotatable bonds is 4. The quantitative estimate of drug-likeness (QED) is 0.548. The fourth-order valence-corrected chi connectivity index (χ4v) is 2.63. The predicted octanol–water partition coefficient (Wildman–Crippen LogP) is 3.09. The lowest BCUT2D eigenvalue weighted by Crippen LogP contribution is -2.13. The molecule has 5 heteroatoms. The summed E-state index contributed by atoms with van der Waals surface area (Å²) in [5, 5.41) is 0. The summed E-state index contributed by atoms with van der Waals surface area (Å²) < 4.78 is 18.0. The van der Waals surface area contributed by atoms with E-state index in [4.69, 9.17) is 13.9 Å². The van der Waals surface area contributed by atoms with Gasteiger partial charge in [0.1, 0.15) is 11.5 Å². The van der Waals surface area contributed by atoms with Crippen molar-refractivity contribution in [3.05, 3.63) is 48.2 Å². The SMILES string of the molecule is COC(=O)c1cc2oc(-c3ccccc3)cc2n1C[C@@H]1CO1. The molecule has 0 unspecified atom stereocenters. The van der Waals surface area contributed by atoms with Gasteiger partial charge in [0.15, 0.2) is 5.58 Å². The molecule has 0 amide bonds. The number of methoxy groups -OCH3 is 1. The van der Waals surface area contributed by atoms with Crippen LogP contribution in [0.5, 0.6) is 0 Å². The van der Waals surface area contributed by atoms with Crippen LogP contribution in [-0.2, 0) is 16.0 Å². The number of furan rings is 1. The van der Waals surface area contributed by atoms with Crippen molar-refractivity contribution in [1.29, 1.82) is 0 Å². The minimum absolute atomic E-state index is 0.161. The fraction of sp³-hybridized carbons (Fsp3) is 0.235. The molecule has 3 aromatic rings. The highest BCUT2D eigenvalue weighted by Crippen LogP contribution is 2.31. The lowest BCUT2D eigenvalue weighted by atomic mass is 10.2. The van der Waals surface area contributed by atoms with Gasteiger partial charge in [-0.3, -0.25) is 0 Å². The van der Waals surface area contributed by atoms with Crippen molar-refractivity contribution in [1.82, 2.24) is 4.57 Å². The van der Waals surface area contributed by atoms with Crippen molar-refractivity contribution in [3.8, 4) is 11.3 Å². The van der Waals surface area contributed by atoms with Crippen molar-refractivity contribution in [3.63, 3.8) is 0 Å². The molecule has 0 spiro atoms. The molecule has 0 N–H and O–H groups in total. The van der Waals surface area contributed by atoms with E-state index in [2.05, 4.69) is 0 Å². The number of benzene rings is 1. The van der Waals surface area contributed by atoms with Crippen LogP contribution < -0.4 is 0 Å². The molecule has 1 atom stereocenters. The molecule has 4 rings (SSSR count). The molecule has 1 aliphatic heterocycles. The Morgan fingerprint density at radius 3 is 2.77 bits per heavy atom. The molecule has 0 bridgehead atoms. The summed E-state index contributed by atoms with van der Waals surface area (Å²) in [5.74, 6) is 0.417. The third-order valence-electron chi connectivity index (χ3n) is 3.83. The summed E-state index contributed by atoms with van der Waals surface area (Å²) in [5.41, 5.74) is 3.06. The lowest BCUT2D eigenvalue weighted by Gasteiger charge is -2.06. The van der Waals surface area contributed by atoms with E-state index in [1.165, 1.54) is 7.11 Å². The standard InChI is InChI=1S/C17H15NO4/c1-20-17(19)14-8-16-13(18(14)9-12-10-21-12)7-15(22-16)11-5-3-2-4-6-11/h2-8,12H,9-10H2,1H3/t12-/m1/s1. The van der Waals surface area contributed by atoms with Gasteiger partial charge < -0.3 is 18.5 Å². The van der Waals surface area contributed by atoms with Crippen LogP contribution in [-0.4, -0.2) is 30.4 Å². The number of ether oxygens (including phenoxy) is 2. The first-order chi connectivity index (χ1) is 10.8. The zero-order valence-electron chi connectivity index (χ0n) is 12.1. The van der Waals surface area contributed by atoms with Gasteiger partial charge in [0.05, 0.1) is 31.9 Å². The van der Waals surface area contributed by atoms with Crippen LogP contribution >= 0.6 is 0 Å². The van der Waals surface area contributed by atoms with Crippen LogP contribution in [0.15, 0.2) is 46.9 Å². The first kappa shape index (κ1) is 13.2. The summed E-state index contributed by atoms with van der Waals surface area (Å²) in [6, 6.07) is 13.6. The average Bonchev–Trinajstić information content (AvgIpc) is 3.18. The summed E-state index contributed by atoms with van der Waals surface area (Å²) in [6.45, 7) is 1.35. The van der Waals surface area contributed by atoms with Crippen LogP contribution in [0.4, 0.5) is 0 Å². The third-order valence-corrected chi connectivity index (χ3v) is 3.83. The van der Waals surface area contributed by atoms with E-state index in [0.717, 1.165) is 23.4 Å². The van der Waals surface area contributed by atoms with Gasteiger partial charge in [0.2, 0.25) is 0 Å². The molecule has 1 aromatic carbocycles. The Morgan fingerprint density at radius 1 is 1.32 bits per heavy atom. The number of fused-ring (bicyclic) bond motifs is 1. The number of hydrogen-bond acceptors (Lipinski definition) is 4. The second-order valence-electron chi connectivity index (χ2n) is 5.31. The maximum atomic E-state index is 11.9. The van der Waals surface area contributed by atoms with Crippen molar-refractivity contribution >= 4 is 17.1 Å². The topological polar surface area (TPSA) is 56.9 Å². The van der Waals surface area contributed by atoms with Gasteiger partial charge in [0.25, 0.3) is 0 Å². The monoisotopic (exact) mass is 297 g/mol. The van der Waals surface area contributed by atoms with E-state index in [9.17, 15) is 4.79 Å². The Hall–Kier alpha value is -2.53. The number of carbonyl (C=O) groups excluding carboxylic acids is 1. The van der Waals surface area contributed by atoms with Crippen molar-refractivity contribution in [2.24, 2.45) is 0 Å². The van der Waals surface area contributed by atoms with Crippen LogP contribution in [0.2, 0.25) is 0 Å². The highest BCUT2D eigenvalue weighted by Gasteiger charge is 2.28. The second kappa shape index (κ2) is 5.03. The molecule has 0 radical (unpaired) electrons. The van der Waals surface area contributed by atoms with Gasteiger partial charge in [-0.05, 0) is 0 Å². The number of carbonyl (C=O) groups is 1. The molecule has 0 aliphatic carbocycles. The minimum atomic E-state index is -0.367. The van der Waals surface area contributed by atoms with E-state index in [1.807, 2.05) is 41.0 Å². The molecular weight excluding hydrogens is 282 g/mol. The molecule has 112 valence electrons. The lowest BCUT2D eigenvalue weighted by molar-refractivity contribution is 0.0588. The molecule has 3 heterocycles. The molecule has 1 saturated heterocycles. The predicted molar refractivity (Wildman–Crippen MR) is 80.7 cm³/mol. The molecule has 22 heavy (non-hydrogen) atoms. The maximum Gasteiger partial charge on any atom is 0.354 e. The molecular formula is C17H15NO4. The number of aromatic nitrogens is 1. The summed E-state index contributed by atoms with van der Waals surface area (Å²) >= 11 is 0. The van der Waals surface area contributed by atoms with Crippen molar-refractivity contribution in [2.75, 3.05) is 13.7 Å². The van der Waals surface area contributed by atoms with Gasteiger partial charge in [-0.25, -0.2) is 4.79 Å². The largest absolute Gasteiger partial charge is 0.464 e. The summed E-state index contributed by atoms with van der Waals surface area (Å²) in [6.07, 6.45) is 0.161. The third kappa shape index (κ3) is 2.19. The molecule has 2 aromatic heterocycles. The Morgan fingerprint density at radius 2 is 2.09 bits per heavy atom. The molecule has 0 saturated carbocycles. The minimum Gasteiger partial charge on any atom is -0.464 e. The number of hydrogen-bond donors (Lipinski definition) is 0. The van der Waals surface area contributed by atoms with Gasteiger partial charge in [-0.2, -0.15) is 0 Å². The average molecular weight is 297 g/mol. The number of esters is 1. The zero-order chi connectivity index (χ0) is 15.1. The summed E-state index contributed by atoms with van der Waals surface area (Å²) in [7, 11) is 1.38. The van der Waals surface area contributed by atoms with Gasteiger partial charge >= 0.3 is 5.97 Å². The fourth-order valence-electron chi connectivity index (χ4n) is 2.63. The Kier molecular flexibility index (Phi) is 3.01. The Labute approximate surface area is 127 Å². The van der Waals surface area contributed by atoms with Crippen molar-refractivity contribution < 1.29 is 18.7 Å². The van der Waals surface area contributed by atoms with Gasteiger partial charge in [-0.1, -0.05) is 30.3 Å². The second-order valence-corrected chi connectivity index (χ2v) is 5.31. The highest BCUT2D eigenvalue weighted by atomic mass is 16.6. The number of nitrogens with zero attached hydrogens (tertiary/aromatic N) is 1. The Balaban J connectivity index is 1.82. The van der Waals surface area contributed by atoms with Crippen LogP contribution in [0.3, 0.4) is 0 Å². The van der Waals surface area contributed by atoms with E-state index in [0.29, 0.717) is 17.8 Å². The zero-order valence-corrected chi connectivity index (χ0v) is 12.1. The number of epoxide rings is 1. The molecule has 1 aliphatic rings. The van der Waals surface area contributed by atoms with Crippen LogP contribution in [0.25, 0.3) is 22.4 Å². The van der Waals surface area contributed by atoms with E-state index < -0.39 is 0 Å². The van der Waals surface area contributed by atoms with Crippen LogP contribution in [0.1, 0.15) is 10.5 Å². The van der Waals surface area contributed by atoms with E-state index in [-0.39, 0.29) is 12.1 Å². The highest BCUT2D eigenvalue weighted by molar-refractivity contribution is 5.95. The summed E-state index contributed by atoms with van der Waals surface area (Å²) in [4.78, 5) is 11.9. The van der Waals surface area contributed by atoms with Crippen molar-refractivity contribution in [2.45, 2.75) is 12.6 Å². The smallest absolute Gasteiger partial charge is 0.354 e. The molecule has 5 nitrogen and oxygen atoms in total. The van der Waals surface area contributed by atoms with Gasteiger partial charge in [-0.15, -0.1) is 0 Å². The Bertz CT molecular complexity index is 827. The first-order valence-corrected chi connectivity index (χ1v) is 7.14. The molecule has 1 fully saturated rings. The first-order valence-electron chi connectivity index (χ1n) is 7.14. The maximum absolute atomic E-state index is 11.9. The van der Waals surface area contributed by atoms with Crippen LogP contribution in [0, 0.1) is 0 Å². The normalized spacial score (nSPS) is 16.9. The van der Waals surface area contributed by atoms with E-state index in [1.54, 1.807) is 6.07 Å². The van der Waals surface area contributed by atoms with Gasteiger partial charge in [0, 0.05) is 17.7 Å². The van der Waals surface area contributed by atoms with E-state index >= 15 is 0 Å².